The summed E-state index contributed by atoms with van der Waals surface area (Å²) in [6, 6.07) is 1.62. The number of hydrogen-bond acceptors (Lipinski definition) is 2. The number of piperazine rings is 1. The summed E-state index contributed by atoms with van der Waals surface area (Å²) in [6.07, 6.45) is 9.58. The Bertz CT molecular complexity index is 272. The van der Waals surface area contributed by atoms with Crippen LogP contribution >= 0.6 is 0 Å². The second-order valence-electron chi connectivity index (χ2n) is 7.03. The van der Waals surface area contributed by atoms with Crippen molar-refractivity contribution in [1.82, 2.24) is 10.2 Å². The zero-order valence-corrected chi connectivity index (χ0v) is 13.5. The van der Waals surface area contributed by atoms with Gasteiger partial charge >= 0.3 is 0 Å². The Morgan fingerprint density at radius 3 is 2.47 bits per heavy atom. The zero-order valence-electron chi connectivity index (χ0n) is 13.5. The van der Waals surface area contributed by atoms with Crippen LogP contribution in [0.1, 0.15) is 72.6 Å². The van der Waals surface area contributed by atoms with E-state index in [4.69, 9.17) is 0 Å². The monoisotopic (exact) mass is 266 g/mol. The molecule has 3 unspecified atom stereocenters. The molecule has 0 bridgehead atoms. The minimum atomic E-state index is 0.381. The third kappa shape index (κ3) is 3.33. The van der Waals surface area contributed by atoms with E-state index in [1.807, 2.05) is 0 Å². The van der Waals surface area contributed by atoms with Crippen LogP contribution in [0, 0.1) is 5.92 Å². The Morgan fingerprint density at radius 2 is 1.89 bits per heavy atom. The molecule has 3 atom stereocenters. The summed E-state index contributed by atoms with van der Waals surface area (Å²) in [7, 11) is 0. The third-order valence-corrected chi connectivity index (χ3v) is 5.87. The van der Waals surface area contributed by atoms with Crippen molar-refractivity contribution in [1.29, 1.82) is 0 Å². The summed E-state index contributed by atoms with van der Waals surface area (Å²) < 4.78 is 0. The van der Waals surface area contributed by atoms with E-state index in [-0.39, 0.29) is 0 Å². The van der Waals surface area contributed by atoms with Crippen molar-refractivity contribution in [2.75, 3.05) is 13.1 Å². The van der Waals surface area contributed by atoms with E-state index in [1.165, 1.54) is 58.0 Å². The predicted octanol–water partition coefficient (Wildman–Crippen LogP) is 3.81. The fraction of sp³-hybridized carbons (Fsp3) is 1.00. The van der Waals surface area contributed by atoms with Gasteiger partial charge in [0.2, 0.25) is 0 Å². The maximum atomic E-state index is 3.87. The van der Waals surface area contributed by atoms with Crippen molar-refractivity contribution < 1.29 is 0 Å². The lowest BCUT2D eigenvalue weighted by molar-refractivity contribution is 0.0143. The van der Waals surface area contributed by atoms with Crippen LogP contribution in [0.4, 0.5) is 0 Å². The molecule has 0 aromatic carbocycles. The van der Waals surface area contributed by atoms with E-state index in [9.17, 15) is 0 Å². The van der Waals surface area contributed by atoms with Gasteiger partial charge in [-0.25, -0.2) is 0 Å². The van der Waals surface area contributed by atoms with Crippen LogP contribution in [0.2, 0.25) is 0 Å². The molecule has 2 nitrogen and oxygen atoms in total. The maximum Gasteiger partial charge on any atom is 0.0304 e. The van der Waals surface area contributed by atoms with Crippen molar-refractivity contribution in [3.8, 4) is 0 Å². The summed E-state index contributed by atoms with van der Waals surface area (Å²) in [6.45, 7) is 12.0. The van der Waals surface area contributed by atoms with Crippen LogP contribution in [0.3, 0.4) is 0 Å². The molecule has 0 spiro atoms. The first-order valence-corrected chi connectivity index (χ1v) is 8.64. The molecule has 0 amide bonds. The van der Waals surface area contributed by atoms with Gasteiger partial charge in [0.05, 0.1) is 0 Å². The molecular weight excluding hydrogens is 232 g/mol. The largest absolute Gasteiger partial charge is 0.308 e. The molecule has 0 radical (unpaired) electrons. The van der Waals surface area contributed by atoms with Gasteiger partial charge in [0, 0.05) is 30.7 Å². The predicted molar refractivity (Wildman–Crippen MR) is 83.5 cm³/mol. The number of nitrogens with one attached hydrogen (secondary N) is 1. The molecule has 1 aliphatic carbocycles. The van der Waals surface area contributed by atoms with Gasteiger partial charge in [-0.1, -0.05) is 40.5 Å². The Kier molecular flexibility index (Phi) is 5.30. The summed E-state index contributed by atoms with van der Waals surface area (Å²) in [5.74, 6) is 0.934. The molecular formula is C17H34N2. The van der Waals surface area contributed by atoms with Gasteiger partial charge in [-0.05, 0) is 38.0 Å². The highest BCUT2D eigenvalue weighted by Crippen LogP contribution is 2.33. The molecule has 0 aromatic rings. The molecule has 1 saturated heterocycles. The lowest BCUT2D eigenvalue weighted by atomic mass is 9.82. The summed E-state index contributed by atoms with van der Waals surface area (Å²) in [5, 5.41) is 3.87. The fourth-order valence-electron chi connectivity index (χ4n) is 4.22. The SMILES string of the molecule is CCC1CNC(CC)(CC)CN1C1CCCC(C)C1. The third-order valence-electron chi connectivity index (χ3n) is 5.87. The van der Waals surface area contributed by atoms with Crippen LogP contribution < -0.4 is 5.32 Å². The average molecular weight is 266 g/mol. The Hall–Kier alpha value is -0.0800. The summed E-state index contributed by atoms with van der Waals surface area (Å²) >= 11 is 0. The molecule has 1 N–H and O–H groups in total. The number of nitrogens with zero attached hydrogens (tertiary/aromatic N) is 1. The van der Waals surface area contributed by atoms with E-state index < -0.39 is 0 Å². The van der Waals surface area contributed by atoms with Gasteiger partial charge in [-0.3, -0.25) is 4.90 Å². The van der Waals surface area contributed by atoms with Crippen molar-refractivity contribution in [3.05, 3.63) is 0 Å². The van der Waals surface area contributed by atoms with Crippen molar-refractivity contribution in [3.63, 3.8) is 0 Å². The summed E-state index contributed by atoms with van der Waals surface area (Å²) in [4.78, 5) is 2.89. The van der Waals surface area contributed by atoms with Crippen LogP contribution in [0.25, 0.3) is 0 Å². The summed E-state index contributed by atoms with van der Waals surface area (Å²) in [5.41, 5.74) is 0.381. The standard InChI is InChI=1S/C17H34N2/c1-5-15-12-18-17(6-2,7-3)13-19(15)16-10-8-9-14(4)11-16/h14-16,18H,5-13H2,1-4H3. The van der Waals surface area contributed by atoms with E-state index in [0.717, 1.165) is 18.0 Å². The Labute approximate surface area is 120 Å². The lowest BCUT2D eigenvalue weighted by Gasteiger charge is -2.51. The van der Waals surface area contributed by atoms with E-state index in [2.05, 4.69) is 37.9 Å². The number of hydrogen-bond donors (Lipinski definition) is 1. The molecule has 2 fully saturated rings. The van der Waals surface area contributed by atoms with Crippen LogP contribution in [-0.4, -0.2) is 35.6 Å². The minimum absolute atomic E-state index is 0.381. The average Bonchev–Trinajstić information content (AvgIpc) is 2.46. The molecule has 1 heterocycles. The first kappa shape index (κ1) is 15.3. The normalized spacial score (nSPS) is 36.3. The number of rotatable bonds is 4. The van der Waals surface area contributed by atoms with Crippen molar-refractivity contribution in [2.24, 2.45) is 5.92 Å². The highest BCUT2D eigenvalue weighted by atomic mass is 15.3. The molecule has 2 rings (SSSR count). The first-order valence-electron chi connectivity index (χ1n) is 8.64. The second kappa shape index (κ2) is 6.58. The van der Waals surface area contributed by atoms with Crippen LogP contribution in [0.15, 0.2) is 0 Å². The van der Waals surface area contributed by atoms with E-state index >= 15 is 0 Å². The van der Waals surface area contributed by atoms with Crippen LogP contribution in [-0.2, 0) is 0 Å². The molecule has 1 saturated carbocycles. The molecule has 2 heteroatoms. The smallest absolute Gasteiger partial charge is 0.0304 e. The van der Waals surface area contributed by atoms with Crippen molar-refractivity contribution >= 4 is 0 Å². The molecule has 19 heavy (non-hydrogen) atoms. The van der Waals surface area contributed by atoms with Gasteiger partial charge in [-0.15, -0.1) is 0 Å². The Balaban J connectivity index is 2.08. The van der Waals surface area contributed by atoms with E-state index in [1.54, 1.807) is 0 Å². The maximum absolute atomic E-state index is 3.87. The molecule has 112 valence electrons. The molecule has 2 aliphatic rings. The fourth-order valence-corrected chi connectivity index (χ4v) is 4.22. The zero-order chi connectivity index (χ0) is 13.9. The van der Waals surface area contributed by atoms with Gasteiger partial charge in [-0.2, -0.15) is 0 Å². The van der Waals surface area contributed by atoms with Crippen molar-refractivity contribution in [2.45, 2.75) is 90.3 Å². The molecule has 1 aliphatic heterocycles. The van der Waals surface area contributed by atoms with Gasteiger partial charge in [0.1, 0.15) is 0 Å². The molecule has 0 aromatic heterocycles. The van der Waals surface area contributed by atoms with Crippen LogP contribution in [0.5, 0.6) is 0 Å². The highest BCUT2D eigenvalue weighted by molar-refractivity contribution is 4.99. The quantitative estimate of drug-likeness (QED) is 0.832. The first-order chi connectivity index (χ1) is 9.14. The van der Waals surface area contributed by atoms with E-state index in [0.29, 0.717) is 5.54 Å². The van der Waals surface area contributed by atoms with Gasteiger partial charge < -0.3 is 5.32 Å². The Morgan fingerprint density at radius 1 is 1.16 bits per heavy atom. The van der Waals surface area contributed by atoms with Gasteiger partial charge in [0.15, 0.2) is 0 Å². The highest BCUT2D eigenvalue weighted by Gasteiger charge is 2.39. The topological polar surface area (TPSA) is 15.3 Å². The minimum Gasteiger partial charge on any atom is -0.308 e. The lowest BCUT2D eigenvalue weighted by Crippen LogP contribution is -2.66. The second-order valence-corrected chi connectivity index (χ2v) is 7.03. The van der Waals surface area contributed by atoms with Gasteiger partial charge in [0.25, 0.3) is 0 Å².